The SMILES string of the molecule is CN(C)c1ccc(/C=N/c2nc(Cl)cc(Cl)n2)cc1. The first-order valence-corrected chi connectivity index (χ1v) is 6.32. The molecule has 0 bridgehead atoms. The van der Waals surface area contributed by atoms with E-state index in [0.29, 0.717) is 0 Å². The number of benzene rings is 1. The Balaban J connectivity index is 2.17. The molecule has 0 unspecified atom stereocenters. The van der Waals surface area contributed by atoms with Crippen molar-refractivity contribution in [1.82, 2.24) is 9.97 Å². The van der Waals surface area contributed by atoms with E-state index in [9.17, 15) is 0 Å². The molecule has 1 aromatic heterocycles. The summed E-state index contributed by atoms with van der Waals surface area (Å²) in [4.78, 5) is 14.1. The van der Waals surface area contributed by atoms with Gasteiger partial charge in [-0.25, -0.2) is 4.99 Å². The normalized spacial score (nSPS) is 10.9. The van der Waals surface area contributed by atoms with Crippen molar-refractivity contribution in [3.05, 3.63) is 46.2 Å². The molecule has 0 N–H and O–H groups in total. The van der Waals surface area contributed by atoms with Gasteiger partial charge in [-0.2, -0.15) is 9.97 Å². The Labute approximate surface area is 121 Å². The summed E-state index contributed by atoms with van der Waals surface area (Å²) in [6, 6.07) is 9.41. The molecule has 0 spiro atoms. The number of anilines is 1. The Kier molecular flexibility index (Phi) is 4.35. The van der Waals surface area contributed by atoms with E-state index < -0.39 is 0 Å². The molecule has 0 fully saturated rings. The van der Waals surface area contributed by atoms with Crippen molar-refractivity contribution in [2.24, 2.45) is 4.99 Å². The fourth-order valence-corrected chi connectivity index (χ4v) is 1.84. The van der Waals surface area contributed by atoms with Crippen molar-refractivity contribution in [3.8, 4) is 0 Å². The van der Waals surface area contributed by atoms with E-state index in [1.807, 2.05) is 43.3 Å². The minimum atomic E-state index is 0.245. The number of rotatable bonds is 3. The van der Waals surface area contributed by atoms with Crippen LogP contribution in [-0.2, 0) is 0 Å². The molecule has 4 nitrogen and oxygen atoms in total. The standard InChI is InChI=1S/C13H12Cl2N4/c1-19(2)10-5-3-9(4-6-10)8-16-13-17-11(14)7-12(15)18-13/h3-8H,1-2H3/b16-8+. The lowest BCUT2D eigenvalue weighted by Gasteiger charge is -2.11. The van der Waals surface area contributed by atoms with Crippen LogP contribution in [0.1, 0.15) is 5.56 Å². The number of aromatic nitrogens is 2. The summed E-state index contributed by atoms with van der Waals surface area (Å²) < 4.78 is 0. The Hall–Kier alpha value is -1.65. The smallest absolute Gasteiger partial charge is 0.252 e. The Bertz CT molecular complexity index is 574. The van der Waals surface area contributed by atoms with Crippen LogP contribution in [0.15, 0.2) is 35.3 Å². The monoisotopic (exact) mass is 294 g/mol. The van der Waals surface area contributed by atoms with Gasteiger partial charge in [0.25, 0.3) is 5.95 Å². The van der Waals surface area contributed by atoms with Crippen LogP contribution in [0.25, 0.3) is 0 Å². The highest BCUT2D eigenvalue weighted by Gasteiger charge is 1.99. The van der Waals surface area contributed by atoms with Gasteiger partial charge < -0.3 is 4.90 Å². The third-order valence-electron chi connectivity index (χ3n) is 2.39. The molecule has 6 heteroatoms. The highest BCUT2D eigenvalue weighted by Crippen LogP contribution is 2.16. The maximum absolute atomic E-state index is 5.77. The molecule has 0 atom stereocenters. The van der Waals surface area contributed by atoms with Gasteiger partial charge >= 0.3 is 0 Å². The summed E-state index contributed by atoms with van der Waals surface area (Å²) in [7, 11) is 3.98. The summed E-state index contributed by atoms with van der Waals surface area (Å²) in [5.74, 6) is 0.245. The second-order valence-electron chi connectivity index (χ2n) is 4.06. The quantitative estimate of drug-likeness (QED) is 0.641. The van der Waals surface area contributed by atoms with Crippen LogP contribution < -0.4 is 4.90 Å². The van der Waals surface area contributed by atoms with Crippen LogP contribution in [0.2, 0.25) is 10.3 Å². The Morgan fingerprint density at radius 3 is 2.16 bits per heavy atom. The van der Waals surface area contributed by atoms with Crippen LogP contribution in [0.3, 0.4) is 0 Å². The van der Waals surface area contributed by atoms with Crippen molar-refractivity contribution in [2.75, 3.05) is 19.0 Å². The lowest BCUT2D eigenvalue weighted by atomic mass is 10.2. The van der Waals surface area contributed by atoms with Crippen LogP contribution in [0, 0.1) is 0 Å². The largest absolute Gasteiger partial charge is 0.378 e. The second kappa shape index (κ2) is 5.99. The summed E-state index contributed by atoms with van der Waals surface area (Å²) in [6.07, 6.45) is 1.67. The first kappa shape index (κ1) is 13.8. The number of hydrogen-bond donors (Lipinski definition) is 0. The molecule has 0 radical (unpaired) electrons. The third-order valence-corrected chi connectivity index (χ3v) is 2.78. The number of hydrogen-bond acceptors (Lipinski definition) is 4. The highest BCUT2D eigenvalue weighted by molar-refractivity contribution is 6.33. The molecule has 0 saturated carbocycles. The fraction of sp³-hybridized carbons (Fsp3) is 0.154. The molecule has 19 heavy (non-hydrogen) atoms. The summed E-state index contributed by atoms with van der Waals surface area (Å²) in [6.45, 7) is 0. The van der Waals surface area contributed by atoms with E-state index in [2.05, 4.69) is 15.0 Å². The number of nitrogens with zero attached hydrogens (tertiary/aromatic N) is 4. The maximum atomic E-state index is 5.77. The highest BCUT2D eigenvalue weighted by atomic mass is 35.5. The number of halogens is 2. The molecule has 2 rings (SSSR count). The van der Waals surface area contributed by atoms with E-state index in [4.69, 9.17) is 23.2 Å². The summed E-state index contributed by atoms with van der Waals surface area (Å²) in [5, 5.41) is 0.546. The summed E-state index contributed by atoms with van der Waals surface area (Å²) in [5.41, 5.74) is 2.07. The van der Waals surface area contributed by atoms with Crippen LogP contribution in [0.5, 0.6) is 0 Å². The Morgan fingerprint density at radius 1 is 1.05 bits per heavy atom. The van der Waals surface area contributed by atoms with Gasteiger partial charge in [-0.1, -0.05) is 35.3 Å². The predicted molar refractivity (Wildman–Crippen MR) is 80.1 cm³/mol. The average Bonchev–Trinajstić information content (AvgIpc) is 2.36. The maximum Gasteiger partial charge on any atom is 0.252 e. The van der Waals surface area contributed by atoms with E-state index in [1.54, 1.807) is 6.21 Å². The van der Waals surface area contributed by atoms with Crippen molar-refractivity contribution in [3.63, 3.8) is 0 Å². The predicted octanol–water partition coefficient (Wildman–Crippen LogP) is 3.60. The van der Waals surface area contributed by atoms with E-state index in [1.165, 1.54) is 6.07 Å². The second-order valence-corrected chi connectivity index (χ2v) is 4.83. The fourth-order valence-electron chi connectivity index (χ4n) is 1.43. The minimum Gasteiger partial charge on any atom is -0.378 e. The van der Waals surface area contributed by atoms with Crippen molar-refractivity contribution >= 4 is 41.1 Å². The topological polar surface area (TPSA) is 41.4 Å². The van der Waals surface area contributed by atoms with Crippen LogP contribution in [-0.4, -0.2) is 30.3 Å². The summed E-state index contributed by atoms with van der Waals surface area (Å²) >= 11 is 11.5. The van der Waals surface area contributed by atoms with Crippen molar-refractivity contribution in [2.45, 2.75) is 0 Å². The first-order valence-electron chi connectivity index (χ1n) is 5.56. The van der Waals surface area contributed by atoms with Gasteiger partial charge in [-0.3, -0.25) is 0 Å². The van der Waals surface area contributed by atoms with Gasteiger partial charge in [0, 0.05) is 32.1 Å². The third kappa shape index (κ3) is 3.91. The molecular formula is C13H12Cl2N4. The molecule has 0 aliphatic rings. The van der Waals surface area contributed by atoms with Gasteiger partial charge in [-0.05, 0) is 17.7 Å². The van der Waals surface area contributed by atoms with Crippen molar-refractivity contribution < 1.29 is 0 Å². The van der Waals surface area contributed by atoms with Gasteiger partial charge in [0.2, 0.25) is 0 Å². The molecule has 0 aliphatic heterocycles. The molecule has 0 saturated heterocycles. The van der Waals surface area contributed by atoms with Gasteiger partial charge in [-0.15, -0.1) is 0 Å². The van der Waals surface area contributed by atoms with Gasteiger partial charge in [0.15, 0.2) is 0 Å². The molecule has 98 valence electrons. The molecular weight excluding hydrogens is 283 g/mol. The van der Waals surface area contributed by atoms with E-state index in [0.717, 1.165) is 11.3 Å². The van der Waals surface area contributed by atoms with Gasteiger partial charge in [0.1, 0.15) is 10.3 Å². The molecule has 0 amide bonds. The van der Waals surface area contributed by atoms with Crippen LogP contribution >= 0.6 is 23.2 Å². The van der Waals surface area contributed by atoms with Gasteiger partial charge in [0.05, 0.1) is 0 Å². The molecule has 0 aliphatic carbocycles. The van der Waals surface area contributed by atoms with E-state index in [-0.39, 0.29) is 16.3 Å². The zero-order chi connectivity index (χ0) is 13.8. The zero-order valence-corrected chi connectivity index (χ0v) is 12.0. The number of aliphatic imine (C=N–C) groups is 1. The van der Waals surface area contributed by atoms with Crippen molar-refractivity contribution in [1.29, 1.82) is 0 Å². The molecule has 1 heterocycles. The van der Waals surface area contributed by atoms with Crippen LogP contribution in [0.4, 0.5) is 11.6 Å². The average molecular weight is 295 g/mol. The lowest BCUT2D eigenvalue weighted by molar-refractivity contribution is 1.13. The Morgan fingerprint density at radius 2 is 1.63 bits per heavy atom. The zero-order valence-electron chi connectivity index (χ0n) is 10.5. The minimum absolute atomic E-state index is 0.245. The molecule has 2 aromatic rings. The van der Waals surface area contributed by atoms with E-state index >= 15 is 0 Å². The molecule has 1 aromatic carbocycles. The first-order chi connectivity index (χ1) is 9.04. The lowest BCUT2D eigenvalue weighted by Crippen LogP contribution is -2.08.